The fraction of sp³-hybridized carbons (Fsp3) is 0.727. The SMILES string of the molecule is COCO[C@@H]1[C@@H](OCOC)[C@@H](OC)O[C@H](CC2SCCCS2)[C@H]1OCc1ccccc1. The third-order valence-electron chi connectivity index (χ3n) is 5.19. The second-order valence-electron chi connectivity index (χ2n) is 7.38. The van der Waals surface area contributed by atoms with Crippen LogP contribution in [0.25, 0.3) is 0 Å². The van der Waals surface area contributed by atoms with E-state index in [-0.39, 0.29) is 25.8 Å². The Balaban J connectivity index is 1.80. The molecule has 0 saturated carbocycles. The first kappa shape index (κ1) is 25.3. The van der Waals surface area contributed by atoms with Crippen molar-refractivity contribution in [2.24, 2.45) is 0 Å². The van der Waals surface area contributed by atoms with Crippen LogP contribution in [0.3, 0.4) is 0 Å². The van der Waals surface area contributed by atoms with E-state index in [1.807, 2.05) is 53.9 Å². The molecule has 0 bridgehead atoms. The Labute approximate surface area is 193 Å². The van der Waals surface area contributed by atoms with Crippen molar-refractivity contribution in [3.05, 3.63) is 35.9 Å². The first-order valence-corrected chi connectivity index (χ1v) is 12.6. The first-order chi connectivity index (χ1) is 15.3. The van der Waals surface area contributed by atoms with Gasteiger partial charge in [-0.25, -0.2) is 0 Å². The predicted molar refractivity (Wildman–Crippen MR) is 122 cm³/mol. The van der Waals surface area contributed by atoms with Gasteiger partial charge in [0.1, 0.15) is 31.9 Å². The van der Waals surface area contributed by atoms with E-state index in [4.69, 9.17) is 33.2 Å². The fourth-order valence-electron chi connectivity index (χ4n) is 3.75. The molecule has 9 heteroatoms. The van der Waals surface area contributed by atoms with Crippen LogP contribution >= 0.6 is 23.5 Å². The van der Waals surface area contributed by atoms with Crippen molar-refractivity contribution in [1.29, 1.82) is 0 Å². The second kappa shape index (κ2) is 14.0. The Bertz CT molecular complexity index is 603. The molecular formula is C22H34O7S2. The molecule has 2 heterocycles. The van der Waals surface area contributed by atoms with Crippen LogP contribution in [0.4, 0.5) is 0 Å². The van der Waals surface area contributed by atoms with E-state index in [0.717, 1.165) is 12.0 Å². The number of hydrogen-bond donors (Lipinski definition) is 0. The van der Waals surface area contributed by atoms with Gasteiger partial charge in [-0.3, -0.25) is 0 Å². The molecule has 1 aromatic carbocycles. The molecule has 2 aliphatic heterocycles. The van der Waals surface area contributed by atoms with Gasteiger partial charge in [0, 0.05) is 21.3 Å². The minimum Gasteiger partial charge on any atom is -0.368 e. The molecule has 0 aliphatic carbocycles. The van der Waals surface area contributed by atoms with Crippen molar-refractivity contribution in [3.8, 4) is 0 Å². The molecule has 2 fully saturated rings. The van der Waals surface area contributed by atoms with Crippen molar-refractivity contribution in [2.45, 2.75) is 54.7 Å². The van der Waals surface area contributed by atoms with E-state index in [0.29, 0.717) is 11.2 Å². The van der Waals surface area contributed by atoms with Crippen LogP contribution in [0.1, 0.15) is 18.4 Å². The largest absolute Gasteiger partial charge is 0.368 e. The summed E-state index contributed by atoms with van der Waals surface area (Å²) in [6, 6.07) is 10.1. The van der Waals surface area contributed by atoms with Crippen LogP contribution in [0.5, 0.6) is 0 Å². The molecule has 2 aliphatic rings. The molecule has 0 aromatic heterocycles. The molecule has 0 unspecified atom stereocenters. The van der Waals surface area contributed by atoms with E-state index in [1.165, 1.54) is 17.9 Å². The summed E-state index contributed by atoms with van der Waals surface area (Å²) in [6.07, 6.45) is 0.0339. The standard InChI is InChI=1S/C22H34O7S2/c1-23-14-27-20-19(26-13-16-8-5-4-6-9-16)17(12-18-30-10-7-11-31-18)29-22(25-3)21(20)28-15-24-2/h4-6,8-9,17-22H,7,10-15H2,1-3H3/t17-,19-,20+,21-,22+/m1/s1. The lowest BCUT2D eigenvalue weighted by Crippen LogP contribution is -2.61. The summed E-state index contributed by atoms with van der Waals surface area (Å²) in [4.78, 5) is 0. The molecule has 7 nitrogen and oxygen atoms in total. The molecule has 176 valence electrons. The predicted octanol–water partition coefficient (Wildman–Crippen LogP) is 3.51. The van der Waals surface area contributed by atoms with Crippen molar-refractivity contribution < 1.29 is 33.2 Å². The van der Waals surface area contributed by atoms with Crippen molar-refractivity contribution in [1.82, 2.24) is 0 Å². The Morgan fingerprint density at radius 3 is 2.19 bits per heavy atom. The fourth-order valence-corrected chi connectivity index (χ4v) is 6.69. The van der Waals surface area contributed by atoms with Gasteiger partial charge in [-0.05, 0) is 29.9 Å². The van der Waals surface area contributed by atoms with E-state index in [1.54, 1.807) is 21.3 Å². The maximum atomic E-state index is 6.44. The third-order valence-corrected chi connectivity index (χ3v) is 8.18. The van der Waals surface area contributed by atoms with E-state index < -0.39 is 18.5 Å². The normalized spacial score (nSPS) is 29.8. The van der Waals surface area contributed by atoms with Crippen molar-refractivity contribution in [3.63, 3.8) is 0 Å². The van der Waals surface area contributed by atoms with Gasteiger partial charge in [0.15, 0.2) is 6.29 Å². The Morgan fingerprint density at radius 1 is 0.871 bits per heavy atom. The molecular weight excluding hydrogens is 440 g/mol. The van der Waals surface area contributed by atoms with Crippen LogP contribution in [0.2, 0.25) is 0 Å². The van der Waals surface area contributed by atoms with Gasteiger partial charge in [0.25, 0.3) is 0 Å². The highest BCUT2D eigenvalue weighted by Crippen LogP contribution is 2.38. The van der Waals surface area contributed by atoms with Crippen LogP contribution in [-0.4, -0.2) is 81.7 Å². The minimum atomic E-state index is -0.586. The quantitative estimate of drug-likeness (QED) is 0.424. The van der Waals surface area contributed by atoms with Crippen LogP contribution < -0.4 is 0 Å². The zero-order valence-corrected chi connectivity index (χ0v) is 20.1. The maximum Gasteiger partial charge on any atom is 0.186 e. The lowest BCUT2D eigenvalue weighted by atomic mass is 9.96. The molecule has 3 rings (SSSR count). The number of rotatable bonds is 12. The number of methoxy groups -OCH3 is 3. The summed E-state index contributed by atoms with van der Waals surface area (Å²) in [7, 11) is 4.80. The molecule has 1 aromatic rings. The lowest BCUT2D eigenvalue weighted by molar-refractivity contribution is -0.329. The summed E-state index contributed by atoms with van der Waals surface area (Å²) in [5.74, 6) is 2.35. The molecule has 0 radical (unpaired) electrons. The average Bonchev–Trinajstić information content (AvgIpc) is 2.82. The van der Waals surface area contributed by atoms with Crippen molar-refractivity contribution in [2.75, 3.05) is 46.4 Å². The zero-order chi connectivity index (χ0) is 21.9. The van der Waals surface area contributed by atoms with Crippen LogP contribution in [-0.2, 0) is 39.8 Å². The van der Waals surface area contributed by atoms with Gasteiger partial charge >= 0.3 is 0 Å². The summed E-state index contributed by atoms with van der Waals surface area (Å²) < 4.78 is 41.3. The highest BCUT2D eigenvalue weighted by Gasteiger charge is 2.49. The summed E-state index contributed by atoms with van der Waals surface area (Å²) in [6.45, 7) is 0.682. The van der Waals surface area contributed by atoms with Crippen molar-refractivity contribution >= 4 is 23.5 Å². The van der Waals surface area contributed by atoms with Gasteiger partial charge in [-0.1, -0.05) is 30.3 Å². The Kier molecular flexibility index (Phi) is 11.4. The molecule has 5 atom stereocenters. The van der Waals surface area contributed by atoms with E-state index in [2.05, 4.69) is 0 Å². The monoisotopic (exact) mass is 474 g/mol. The highest BCUT2D eigenvalue weighted by atomic mass is 32.2. The van der Waals surface area contributed by atoms with Gasteiger partial charge in [-0.2, -0.15) is 0 Å². The van der Waals surface area contributed by atoms with Crippen LogP contribution in [0.15, 0.2) is 30.3 Å². The number of ether oxygens (including phenoxy) is 7. The van der Waals surface area contributed by atoms with E-state index >= 15 is 0 Å². The lowest BCUT2D eigenvalue weighted by Gasteiger charge is -2.46. The summed E-state index contributed by atoms with van der Waals surface area (Å²) in [5.41, 5.74) is 1.09. The molecule has 0 N–H and O–H groups in total. The number of hydrogen-bond acceptors (Lipinski definition) is 9. The first-order valence-electron chi connectivity index (χ1n) is 10.5. The Morgan fingerprint density at radius 2 is 1.55 bits per heavy atom. The summed E-state index contributed by atoms with van der Waals surface area (Å²) >= 11 is 3.97. The van der Waals surface area contributed by atoms with Gasteiger partial charge in [0.2, 0.25) is 0 Å². The number of thioether (sulfide) groups is 2. The average molecular weight is 475 g/mol. The smallest absolute Gasteiger partial charge is 0.186 e. The number of benzene rings is 1. The zero-order valence-electron chi connectivity index (χ0n) is 18.5. The molecule has 0 spiro atoms. The second-order valence-corrected chi connectivity index (χ2v) is 10.3. The minimum absolute atomic E-state index is 0.102. The van der Waals surface area contributed by atoms with Crippen LogP contribution in [0, 0.1) is 0 Å². The topological polar surface area (TPSA) is 64.6 Å². The summed E-state index contributed by atoms with van der Waals surface area (Å²) in [5, 5.41) is 0. The van der Waals surface area contributed by atoms with E-state index in [9.17, 15) is 0 Å². The molecule has 0 amide bonds. The molecule has 31 heavy (non-hydrogen) atoms. The maximum absolute atomic E-state index is 6.44. The van der Waals surface area contributed by atoms with Gasteiger partial charge in [-0.15, -0.1) is 23.5 Å². The Hall–Kier alpha value is -0.360. The highest BCUT2D eigenvalue weighted by molar-refractivity contribution is 8.17. The molecule has 2 saturated heterocycles. The van der Waals surface area contributed by atoms with Gasteiger partial charge in [0.05, 0.1) is 17.3 Å². The third kappa shape index (κ3) is 7.58. The van der Waals surface area contributed by atoms with Gasteiger partial charge < -0.3 is 33.2 Å².